The van der Waals surface area contributed by atoms with E-state index < -0.39 is 0 Å². The number of methoxy groups -OCH3 is 1. The van der Waals surface area contributed by atoms with Crippen LogP contribution in [0.5, 0.6) is 5.75 Å². The van der Waals surface area contributed by atoms with E-state index in [1.807, 2.05) is 12.1 Å². The summed E-state index contributed by atoms with van der Waals surface area (Å²) in [7, 11) is 1.70. The molecule has 114 valence electrons. The molecule has 1 heterocycles. The van der Waals surface area contributed by atoms with Crippen LogP contribution < -0.4 is 4.74 Å². The largest absolute Gasteiger partial charge is 0.497 e. The van der Waals surface area contributed by atoms with Gasteiger partial charge in [0, 0.05) is 19.6 Å². The van der Waals surface area contributed by atoms with Crippen LogP contribution in [-0.2, 0) is 6.54 Å². The second kappa shape index (κ2) is 7.28. The van der Waals surface area contributed by atoms with Gasteiger partial charge in [0.15, 0.2) is 0 Å². The third-order valence-corrected chi connectivity index (χ3v) is 4.23. The molecule has 0 radical (unpaired) electrons. The summed E-state index contributed by atoms with van der Waals surface area (Å²) in [6.07, 6.45) is 4.66. The maximum Gasteiger partial charge on any atom is 0.118 e. The summed E-state index contributed by atoms with van der Waals surface area (Å²) < 4.78 is 5.20. The molecule has 0 bridgehead atoms. The highest BCUT2D eigenvalue weighted by Crippen LogP contribution is 2.22. The fraction of sp³-hybridized carbons (Fsp3) is 0.300. The Morgan fingerprint density at radius 3 is 2.27 bits per heavy atom. The first-order valence-electron chi connectivity index (χ1n) is 7.93. The molecule has 1 aliphatic heterocycles. The molecule has 0 spiro atoms. The Morgan fingerprint density at radius 1 is 0.955 bits per heavy atom. The van der Waals surface area contributed by atoms with E-state index in [1.54, 1.807) is 12.7 Å². The van der Waals surface area contributed by atoms with Crippen molar-refractivity contribution in [2.75, 3.05) is 20.2 Å². The minimum atomic E-state index is 0.917. The number of hydrogen-bond donors (Lipinski definition) is 0. The predicted octanol–water partition coefficient (Wildman–Crippen LogP) is 4.37. The average Bonchev–Trinajstić information content (AvgIpc) is 2.58. The topological polar surface area (TPSA) is 12.5 Å². The summed E-state index contributed by atoms with van der Waals surface area (Å²) in [6, 6.07) is 19.0. The molecule has 2 aromatic rings. The normalized spacial score (nSPS) is 15.6. The first kappa shape index (κ1) is 14.9. The second-order valence-corrected chi connectivity index (χ2v) is 5.84. The van der Waals surface area contributed by atoms with Crippen molar-refractivity contribution in [3.63, 3.8) is 0 Å². The predicted molar refractivity (Wildman–Crippen MR) is 91.9 cm³/mol. The van der Waals surface area contributed by atoms with E-state index in [-0.39, 0.29) is 0 Å². The molecule has 2 nitrogen and oxygen atoms in total. The Morgan fingerprint density at radius 2 is 1.64 bits per heavy atom. The molecule has 2 heteroatoms. The summed E-state index contributed by atoms with van der Waals surface area (Å²) in [5.74, 6) is 0.917. The van der Waals surface area contributed by atoms with Crippen LogP contribution in [0.25, 0.3) is 6.08 Å². The van der Waals surface area contributed by atoms with E-state index in [1.165, 1.54) is 24.0 Å². The van der Waals surface area contributed by atoms with Gasteiger partial charge in [-0.3, -0.25) is 4.90 Å². The minimum Gasteiger partial charge on any atom is -0.497 e. The summed E-state index contributed by atoms with van der Waals surface area (Å²) in [5, 5.41) is 0. The molecule has 0 aromatic heterocycles. The highest BCUT2D eigenvalue weighted by molar-refractivity contribution is 5.54. The van der Waals surface area contributed by atoms with Gasteiger partial charge in [0.2, 0.25) is 0 Å². The van der Waals surface area contributed by atoms with Crippen LogP contribution in [-0.4, -0.2) is 25.1 Å². The molecule has 0 amide bonds. The fourth-order valence-corrected chi connectivity index (χ4v) is 2.92. The lowest BCUT2D eigenvalue weighted by molar-refractivity contribution is 0.249. The minimum absolute atomic E-state index is 0.917. The van der Waals surface area contributed by atoms with Crippen LogP contribution in [0, 0.1) is 0 Å². The highest BCUT2D eigenvalue weighted by atomic mass is 16.5. The lowest BCUT2D eigenvalue weighted by atomic mass is 10.0. The SMILES string of the molecule is COc1ccc(C=C2CCN(Cc3ccccc3)CC2)cc1. The molecule has 22 heavy (non-hydrogen) atoms. The van der Waals surface area contributed by atoms with Crippen LogP contribution in [0.3, 0.4) is 0 Å². The first-order chi connectivity index (χ1) is 10.8. The van der Waals surface area contributed by atoms with Gasteiger partial charge < -0.3 is 4.74 Å². The number of nitrogens with zero attached hydrogens (tertiary/aromatic N) is 1. The van der Waals surface area contributed by atoms with Crippen molar-refractivity contribution in [2.24, 2.45) is 0 Å². The first-order valence-corrected chi connectivity index (χ1v) is 7.93. The molecule has 1 fully saturated rings. The zero-order valence-electron chi connectivity index (χ0n) is 13.2. The third kappa shape index (κ3) is 3.99. The quantitative estimate of drug-likeness (QED) is 0.829. The van der Waals surface area contributed by atoms with Crippen LogP contribution in [0.1, 0.15) is 24.0 Å². The van der Waals surface area contributed by atoms with Crippen LogP contribution >= 0.6 is 0 Å². The van der Waals surface area contributed by atoms with Gasteiger partial charge in [-0.25, -0.2) is 0 Å². The molecular formula is C20H23NO. The van der Waals surface area contributed by atoms with Crippen molar-refractivity contribution in [2.45, 2.75) is 19.4 Å². The Hall–Kier alpha value is -2.06. The number of rotatable bonds is 4. The molecule has 1 aliphatic rings. The molecule has 0 atom stereocenters. The van der Waals surface area contributed by atoms with E-state index in [9.17, 15) is 0 Å². The van der Waals surface area contributed by atoms with E-state index in [0.717, 1.165) is 25.4 Å². The number of ether oxygens (including phenoxy) is 1. The monoisotopic (exact) mass is 293 g/mol. The Balaban J connectivity index is 1.55. The molecule has 2 aromatic carbocycles. The van der Waals surface area contributed by atoms with Crippen molar-refractivity contribution >= 4 is 6.08 Å². The Labute approximate surface area is 133 Å². The van der Waals surface area contributed by atoms with Crippen molar-refractivity contribution in [1.82, 2.24) is 4.90 Å². The number of benzene rings is 2. The standard InChI is InChI=1S/C20H23NO/c1-22-20-9-7-17(8-10-20)15-18-11-13-21(14-12-18)16-19-5-3-2-4-6-19/h2-10,15H,11-14,16H2,1H3. The maximum atomic E-state index is 5.20. The lowest BCUT2D eigenvalue weighted by Gasteiger charge is -2.28. The summed E-state index contributed by atoms with van der Waals surface area (Å²) >= 11 is 0. The number of likely N-dealkylation sites (tertiary alicyclic amines) is 1. The van der Waals surface area contributed by atoms with E-state index in [0.29, 0.717) is 0 Å². The van der Waals surface area contributed by atoms with Crippen LogP contribution in [0.15, 0.2) is 60.2 Å². The van der Waals surface area contributed by atoms with Crippen LogP contribution in [0.4, 0.5) is 0 Å². The molecule has 0 N–H and O–H groups in total. The van der Waals surface area contributed by atoms with Crippen molar-refractivity contribution < 1.29 is 4.74 Å². The number of piperidine rings is 1. The molecular weight excluding hydrogens is 270 g/mol. The van der Waals surface area contributed by atoms with Gasteiger partial charge in [-0.1, -0.05) is 54.1 Å². The van der Waals surface area contributed by atoms with Gasteiger partial charge >= 0.3 is 0 Å². The summed E-state index contributed by atoms with van der Waals surface area (Å²) in [4.78, 5) is 2.54. The van der Waals surface area contributed by atoms with Crippen molar-refractivity contribution in [1.29, 1.82) is 0 Å². The fourth-order valence-electron chi connectivity index (χ4n) is 2.92. The zero-order chi connectivity index (χ0) is 15.2. The van der Waals surface area contributed by atoms with E-state index in [2.05, 4.69) is 53.4 Å². The lowest BCUT2D eigenvalue weighted by Crippen LogP contribution is -2.30. The maximum absolute atomic E-state index is 5.20. The van der Waals surface area contributed by atoms with Gasteiger partial charge in [-0.05, 0) is 36.1 Å². The van der Waals surface area contributed by atoms with E-state index >= 15 is 0 Å². The zero-order valence-corrected chi connectivity index (χ0v) is 13.2. The molecule has 1 saturated heterocycles. The third-order valence-electron chi connectivity index (χ3n) is 4.23. The van der Waals surface area contributed by atoms with Gasteiger partial charge in [-0.2, -0.15) is 0 Å². The second-order valence-electron chi connectivity index (χ2n) is 5.84. The summed E-state index contributed by atoms with van der Waals surface area (Å²) in [5.41, 5.74) is 4.23. The smallest absolute Gasteiger partial charge is 0.118 e. The molecule has 0 unspecified atom stereocenters. The van der Waals surface area contributed by atoms with Gasteiger partial charge in [0.05, 0.1) is 7.11 Å². The Bertz CT molecular complexity index is 606. The van der Waals surface area contributed by atoms with Crippen LogP contribution in [0.2, 0.25) is 0 Å². The summed E-state index contributed by atoms with van der Waals surface area (Å²) in [6.45, 7) is 3.37. The highest BCUT2D eigenvalue weighted by Gasteiger charge is 2.13. The Kier molecular flexibility index (Phi) is 4.92. The number of hydrogen-bond acceptors (Lipinski definition) is 2. The van der Waals surface area contributed by atoms with Crippen molar-refractivity contribution in [3.8, 4) is 5.75 Å². The molecule has 0 aliphatic carbocycles. The van der Waals surface area contributed by atoms with Crippen molar-refractivity contribution in [3.05, 3.63) is 71.3 Å². The van der Waals surface area contributed by atoms with Gasteiger partial charge in [0.1, 0.15) is 5.75 Å². The molecule has 3 rings (SSSR count). The molecule has 0 saturated carbocycles. The van der Waals surface area contributed by atoms with Gasteiger partial charge in [-0.15, -0.1) is 0 Å². The van der Waals surface area contributed by atoms with Gasteiger partial charge in [0.25, 0.3) is 0 Å². The van der Waals surface area contributed by atoms with E-state index in [4.69, 9.17) is 4.74 Å². The average molecular weight is 293 g/mol.